The second-order valence-corrected chi connectivity index (χ2v) is 9.27. The molecule has 0 radical (unpaired) electrons. The molecule has 0 bridgehead atoms. The van der Waals surface area contributed by atoms with E-state index < -0.39 is 5.69 Å². The molecule has 0 amide bonds. The van der Waals surface area contributed by atoms with Crippen LogP contribution >= 0.6 is 17.9 Å². The maximum atomic E-state index is 5.61. The Morgan fingerprint density at radius 1 is 0.789 bits per heavy atom. The molecule has 0 saturated carbocycles. The Hall–Kier alpha value is -0.640. The minimum atomic E-state index is -2.50. The third-order valence-electron chi connectivity index (χ3n) is 2.47. The first kappa shape index (κ1) is 14.8. The van der Waals surface area contributed by atoms with E-state index in [0.29, 0.717) is 13.2 Å². The lowest BCUT2D eigenvalue weighted by atomic mass is 10.2. The Bertz CT molecular complexity index is 498. The van der Waals surface area contributed by atoms with Gasteiger partial charge in [-0.3, -0.25) is 0 Å². The molecule has 0 aliphatic carbocycles. The van der Waals surface area contributed by atoms with Crippen molar-refractivity contribution in [3.63, 3.8) is 0 Å². The zero-order valence-electron chi connectivity index (χ0n) is 10.3. The molecule has 0 fully saturated rings. The molecule has 0 aliphatic rings. The lowest BCUT2D eigenvalue weighted by molar-refractivity contribution is 0.246. The fourth-order valence-electron chi connectivity index (χ4n) is 1.50. The van der Waals surface area contributed by atoms with Crippen molar-refractivity contribution >= 4 is 29.7 Å². The van der Waals surface area contributed by atoms with Gasteiger partial charge in [0.2, 0.25) is 5.69 Å². The fraction of sp³-hybridized carbons (Fsp3) is 0.143. The standard InChI is InChI=1S/C14H15O2PS2/c18-17(19,15-11-13-7-3-1-4-8-13)16-12-14-9-5-2-6-10-14/h1-10H,11-12H2,(H,18,19). The summed E-state index contributed by atoms with van der Waals surface area (Å²) in [6, 6.07) is 19.7. The van der Waals surface area contributed by atoms with Gasteiger partial charge in [-0.1, -0.05) is 72.9 Å². The van der Waals surface area contributed by atoms with Crippen LogP contribution in [0.25, 0.3) is 0 Å². The van der Waals surface area contributed by atoms with Crippen LogP contribution in [-0.2, 0) is 34.1 Å². The molecule has 0 saturated heterocycles. The fourth-order valence-corrected chi connectivity index (χ4v) is 2.86. The van der Waals surface area contributed by atoms with Crippen LogP contribution in [0, 0.1) is 0 Å². The van der Waals surface area contributed by atoms with Crippen LogP contribution in [-0.4, -0.2) is 0 Å². The van der Waals surface area contributed by atoms with E-state index in [9.17, 15) is 0 Å². The molecule has 19 heavy (non-hydrogen) atoms. The lowest BCUT2D eigenvalue weighted by Gasteiger charge is -2.16. The minimum Gasteiger partial charge on any atom is -0.317 e. The number of hydrogen-bond acceptors (Lipinski definition) is 3. The molecular weight excluding hydrogens is 295 g/mol. The molecule has 0 N–H and O–H groups in total. The van der Waals surface area contributed by atoms with Gasteiger partial charge in [0.15, 0.2) is 0 Å². The third-order valence-corrected chi connectivity index (χ3v) is 4.71. The second-order valence-electron chi connectivity index (χ2n) is 3.99. The lowest BCUT2D eigenvalue weighted by Crippen LogP contribution is -1.93. The van der Waals surface area contributed by atoms with Crippen LogP contribution in [0.5, 0.6) is 0 Å². The van der Waals surface area contributed by atoms with Crippen molar-refractivity contribution in [2.75, 3.05) is 0 Å². The maximum Gasteiger partial charge on any atom is 0.244 e. The molecule has 0 heterocycles. The normalized spacial score (nSPS) is 11.4. The van der Waals surface area contributed by atoms with Crippen molar-refractivity contribution in [2.24, 2.45) is 0 Å². The van der Waals surface area contributed by atoms with Crippen molar-refractivity contribution in [3.8, 4) is 0 Å². The minimum absolute atomic E-state index is 0.427. The highest BCUT2D eigenvalue weighted by molar-refractivity contribution is 8.60. The molecule has 2 aromatic rings. The van der Waals surface area contributed by atoms with Crippen molar-refractivity contribution < 1.29 is 9.05 Å². The molecule has 2 rings (SSSR count). The van der Waals surface area contributed by atoms with Gasteiger partial charge in [0.25, 0.3) is 0 Å². The molecule has 5 heteroatoms. The maximum absolute atomic E-state index is 5.61. The number of rotatable bonds is 6. The quantitative estimate of drug-likeness (QED) is 0.622. The summed E-state index contributed by atoms with van der Waals surface area (Å²) >= 11 is 9.60. The van der Waals surface area contributed by atoms with Crippen LogP contribution < -0.4 is 0 Å². The van der Waals surface area contributed by atoms with Crippen LogP contribution in [0.3, 0.4) is 0 Å². The number of benzene rings is 2. The molecule has 2 nitrogen and oxygen atoms in total. The zero-order valence-corrected chi connectivity index (χ0v) is 12.9. The van der Waals surface area contributed by atoms with E-state index in [1.807, 2.05) is 60.7 Å². The van der Waals surface area contributed by atoms with Crippen molar-refractivity contribution in [1.29, 1.82) is 0 Å². The first-order chi connectivity index (χ1) is 9.16. The summed E-state index contributed by atoms with van der Waals surface area (Å²) in [4.78, 5) is 0. The predicted molar refractivity (Wildman–Crippen MR) is 85.7 cm³/mol. The summed E-state index contributed by atoms with van der Waals surface area (Å²) < 4.78 is 11.2. The van der Waals surface area contributed by atoms with E-state index in [4.69, 9.17) is 20.9 Å². The van der Waals surface area contributed by atoms with Crippen LogP contribution in [0.2, 0.25) is 0 Å². The van der Waals surface area contributed by atoms with Crippen LogP contribution in [0.1, 0.15) is 11.1 Å². The molecular formula is C14H15O2PS2. The summed E-state index contributed by atoms with van der Waals surface area (Å²) in [5.74, 6) is 0. The number of thiol groups is 1. The van der Waals surface area contributed by atoms with Gasteiger partial charge in [-0.25, -0.2) is 0 Å². The van der Waals surface area contributed by atoms with Gasteiger partial charge in [0.1, 0.15) is 0 Å². The van der Waals surface area contributed by atoms with Gasteiger partial charge < -0.3 is 9.05 Å². The van der Waals surface area contributed by atoms with Gasteiger partial charge in [0.05, 0.1) is 13.2 Å². The largest absolute Gasteiger partial charge is 0.317 e. The Morgan fingerprint density at radius 2 is 1.16 bits per heavy atom. The van der Waals surface area contributed by atoms with Crippen LogP contribution in [0.4, 0.5) is 0 Å². The van der Waals surface area contributed by atoms with E-state index in [0.717, 1.165) is 11.1 Å². The van der Waals surface area contributed by atoms with E-state index in [1.54, 1.807) is 0 Å². The molecule has 0 unspecified atom stereocenters. The van der Waals surface area contributed by atoms with Gasteiger partial charge in [0, 0.05) is 0 Å². The van der Waals surface area contributed by atoms with E-state index in [2.05, 4.69) is 12.2 Å². The summed E-state index contributed by atoms with van der Waals surface area (Å²) in [6.45, 7) is 0.854. The van der Waals surface area contributed by atoms with Gasteiger partial charge in [-0.05, 0) is 22.9 Å². The average Bonchev–Trinajstić information content (AvgIpc) is 2.46. The highest BCUT2D eigenvalue weighted by Crippen LogP contribution is 2.54. The van der Waals surface area contributed by atoms with Crippen LogP contribution in [0.15, 0.2) is 60.7 Å². The van der Waals surface area contributed by atoms with E-state index >= 15 is 0 Å². The van der Waals surface area contributed by atoms with Gasteiger partial charge in [-0.15, -0.1) is 0 Å². The summed E-state index contributed by atoms with van der Waals surface area (Å²) in [5.41, 5.74) is -0.368. The Labute approximate surface area is 124 Å². The predicted octanol–water partition coefficient (Wildman–Crippen LogP) is 4.57. The van der Waals surface area contributed by atoms with Crippen molar-refractivity contribution in [2.45, 2.75) is 13.2 Å². The zero-order chi connectivity index (χ0) is 13.6. The first-order valence-electron chi connectivity index (χ1n) is 5.85. The summed E-state index contributed by atoms with van der Waals surface area (Å²) in [5, 5.41) is 0. The highest BCUT2D eigenvalue weighted by Gasteiger charge is 2.13. The average molecular weight is 310 g/mol. The number of hydrogen-bond donors (Lipinski definition) is 1. The van der Waals surface area contributed by atoms with Crippen molar-refractivity contribution in [3.05, 3.63) is 71.8 Å². The Kier molecular flexibility index (Phi) is 5.61. The Morgan fingerprint density at radius 3 is 1.53 bits per heavy atom. The third kappa shape index (κ3) is 5.47. The van der Waals surface area contributed by atoms with Gasteiger partial charge in [-0.2, -0.15) is 0 Å². The molecule has 0 spiro atoms. The topological polar surface area (TPSA) is 18.5 Å². The summed E-state index contributed by atoms with van der Waals surface area (Å²) in [7, 11) is 0. The van der Waals surface area contributed by atoms with Crippen molar-refractivity contribution in [1.82, 2.24) is 0 Å². The molecule has 0 aromatic heterocycles. The molecule has 2 aromatic carbocycles. The van der Waals surface area contributed by atoms with E-state index in [1.165, 1.54) is 0 Å². The monoisotopic (exact) mass is 310 g/mol. The molecule has 0 atom stereocenters. The molecule has 100 valence electrons. The Balaban J connectivity index is 1.84. The van der Waals surface area contributed by atoms with Gasteiger partial charge >= 0.3 is 0 Å². The highest BCUT2D eigenvalue weighted by atomic mass is 32.9. The SMILES string of the molecule is S=P(S)(OCc1ccccc1)OCc1ccccc1. The smallest absolute Gasteiger partial charge is 0.244 e. The summed E-state index contributed by atoms with van der Waals surface area (Å²) in [6.07, 6.45) is 0. The van der Waals surface area contributed by atoms with E-state index in [-0.39, 0.29) is 0 Å². The first-order valence-corrected chi connectivity index (χ1v) is 9.64. The second kappa shape index (κ2) is 7.22. The molecule has 0 aliphatic heterocycles.